The lowest BCUT2D eigenvalue weighted by molar-refractivity contribution is -0.870. The fraction of sp³-hybridized carbons (Fsp3) is 0.475. The van der Waals surface area contributed by atoms with Gasteiger partial charge in [-0.3, -0.25) is 18.6 Å². The van der Waals surface area contributed by atoms with E-state index in [1.165, 1.54) is 0 Å². The van der Waals surface area contributed by atoms with Crippen LogP contribution in [-0.4, -0.2) is 74.9 Å². The Morgan fingerprint density at radius 1 is 0.344 bits per heavy atom. The molecule has 0 amide bonds. The Morgan fingerprint density at radius 3 is 0.900 bits per heavy atom. The highest BCUT2D eigenvalue weighted by Crippen LogP contribution is 2.43. The molecule has 0 saturated heterocycles. The number of carbonyl (C=O) groups is 2. The van der Waals surface area contributed by atoms with Crippen LogP contribution in [0.2, 0.25) is 0 Å². The molecule has 0 aliphatic heterocycles. The van der Waals surface area contributed by atoms with Crippen molar-refractivity contribution in [3.05, 3.63) is 243 Å². The van der Waals surface area contributed by atoms with Crippen molar-refractivity contribution >= 4 is 19.8 Å². The monoisotopic (exact) mass is 1250 g/mol. The minimum Gasteiger partial charge on any atom is -0.462 e. The van der Waals surface area contributed by atoms with Crippen LogP contribution in [0.1, 0.15) is 194 Å². The average molecular weight is 1260 g/mol. The van der Waals surface area contributed by atoms with Gasteiger partial charge in [0.1, 0.15) is 19.8 Å². The number of ether oxygens (including phenoxy) is 2. The number of hydrogen-bond donors (Lipinski definition) is 1. The van der Waals surface area contributed by atoms with Crippen molar-refractivity contribution in [1.29, 1.82) is 0 Å². The standard InChI is InChI=1S/C80H120NO8P/c1-6-8-10-12-14-16-18-20-22-24-26-28-30-32-34-36-37-38-39-40-41-42-43-45-47-49-51-53-55-57-59-61-63-65-67-69-71-73-80(83)89-78(77-88-90(84,85)87-75-74-81(3,4)5)76-86-79(82)72-70-68-66-64-62-60-58-56-54-52-50-48-46-44-35-33-31-29-27-25-23-21-19-17-15-13-11-9-7-2/h8-11,14-17,20-23,26-29,32-35,37-38,40-41,43,45-46,48-49,51-52,54-55,57-58,60-61,63-64,66,78H,6-7,12-13,18-19,24-25,30-31,36,39,42,44,47,50,53,56,59,62,65,67-77H2,1-5H3/p+1/b10-8-,11-9-,16-14-,17-15-,22-20-,23-21-,28-26-,29-27-,34-32-,35-33-,38-37-,41-40-,45-43-,48-46-,51-49-,54-52-,57-55-,60-58-,63-61-,66-64-. The molecule has 2 atom stereocenters. The van der Waals surface area contributed by atoms with E-state index in [4.69, 9.17) is 18.5 Å². The second-order valence-electron chi connectivity index (χ2n) is 22.4. The molecular weight excluding hydrogens is 1130 g/mol. The van der Waals surface area contributed by atoms with Crippen molar-refractivity contribution in [2.75, 3.05) is 47.5 Å². The third kappa shape index (κ3) is 70.9. The summed E-state index contributed by atoms with van der Waals surface area (Å²) in [7, 11) is 1.38. The second kappa shape index (κ2) is 67.2. The van der Waals surface area contributed by atoms with Gasteiger partial charge in [0.2, 0.25) is 0 Å². The second-order valence-corrected chi connectivity index (χ2v) is 23.8. The van der Waals surface area contributed by atoms with Gasteiger partial charge in [-0.1, -0.05) is 263 Å². The number of rotatable bonds is 58. The van der Waals surface area contributed by atoms with E-state index < -0.39 is 32.5 Å². The van der Waals surface area contributed by atoms with Crippen LogP contribution >= 0.6 is 7.82 Å². The summed E-state index contributed by atoms with van der Waals surface area (Å²) >= 11 is 0. The van der Waals surface area contributed by atoms with Gasteiger partial charge in [0.05, 0.1) is 27.7 Å². The van der Waals surface area contributed by atoms with Gasteiger partial charge < -0.3 is 18.9 Å². The minimum atomic E-state index is -4.44. The predicted octanol–water partition coefficient (Wildman–Crippen LogP) is 22.4. The first-order valence-corrected chi connectivity index (χ1v) is 35.3. The zero-order valence-electron chi connectivity index (χ0n) is 56.5. The molecule has 0 radical (unpaired) electrons. The molecule has 0 saturated carbocycles. The summed E-state index contributed by atoms with van der Waals surface area (Å²) in [5.41, 5.74) is 0. The van der Waals surface area contributed by atoms with Crippen molar-refractivity contribution in [2.24, 2.45) is 0 Å². The topological polar surface area (TPSA) is 108 Å². The molecule has 0 fully saturated rings. The van der Waals surface area contributed by atoms with Crippen LogP contribution in [0.25, 0.3) is 0 Å². The molecular formula is C80H121NO8P+. The smallest absolute Gasteiger partial charge is 0.462 e. The lowest BCUT2D eigenvalue weighted by atomic mass is 10.1. The number of hydrogen-bond acceptors (Lipinski definition) is 7. The number of unbranched alkanes of at least 4 members (excludes halogenated alkanes) is 4. The van der Waals surface area contributed by atoms with E-state index >= 15 is 0 Å². The van der Waals surface area contributed by atoms with Crippen LogP contribution in [0.15, 0.2) is 243 Å². The van der Waals surface area contributed by atoms with Gasteiger partial charge in [-0.05, 0) is 161 Å². The van der Waals surface area contributed by atoms with E-state index in [2.05, 4.69) is 257 Å². The number of likely N-dealkylation sites (N-methyl/N-ethyl adjacent to an activating group) is 1. The van der Waals surface area contributed by atoms with Crippen molar-refractivity contribution in [3.63, 3.8) is 0 Å². The maximum atomic E-state index is 12.9. The van der Waals surface area contributed by atoms with Crippen LogP contribution in [-0.2, 0) is 32.7 Å². The molecule has 0 bridgehead atoms. The average Bonchev–Trinajstić information content (AvgIpc) is 3.58. The van der Waals surface area contributed by atoms with Crippen LogP contribution in [0.5, 0.6) is 0 Å². The SMILES string of the molecule is CC/C=C\C/C=C\C/C=C\C/C=C\C/C=C\C/C=C\C/C=C\C/C=C\C/C=C\C/C=C\C/C=C\CCCCCC(=O)OC(COC(=O)CCC/C=C\C/C=C\C/C=C\C/C=C\C/C=C\C/C=C\C/C=C\C/C=C\C/C=C\CC)COP(=O)(O)OCC[N+](C)(C)C. The van der Waals surface area contributed by atoms with Crippen molar-refractivity contribution < 1.29 is 42.1 Å². The number of nitrogens with zero attached hydrogens (tertiary/aromatic N) is 1. The molecule has 0 aromatic rings. The highest BCUT2D eigenvalue weighted by atomic mass is 31.2. The molecule has 0 rings (SSSR count). The van der Waals surface area contributed by atoms with Gasteiger partial charge in [0, 0.05) is 12.8 Å². The summed E-state index contributed by atoms with van der Waals surface area (Å²) in [6.45, 7) is 4.05. The number of carbonyl (C=O) groups excluding carboxylic acids is 2. The Morgan fingerprint density at radius 2 is 0.611 bits per heavy atom. The largest absolute Gasteiger partial charge is 0.472 e. The quantitative estimate of drug-likeness (QED) is 0.0211. The Kier molecular flexibility index (Phi) is 62.6. The Hall–Kier alpha value is -6.19. The molecule has 0 spiro atoms. The predicted molar refractivity (Wildman–Crippen MR) is 389 cm³/mol. The third-order valence-electron chi connectivity index (χ3n) is 12.9. The van der Waals surface area contributed by atoms with E-state index in [0.717, 1.165) is 148 Å². The zero-order chi connectivity index (χ0) is 65.5. The van der Waals surface area contributed by atoms with Crippen molar-refractivity contribution in [1.82, 2.24) is 0 Å². The van der Waals surface area contributed by atoms with Gasteiger partial charge in [0.25, 0.3) is 0 Å². The first kappa shape index (κ1) is 83.8. The number of phosphoric ester groups is 1. The summed E-state index contributed by atoms with van der Waals surface area (Å²) in [6, 6.07) is 0. The van der Waals surface area contributed by atoms with E-state index in [0.29, 0.717) is 30.3 Å². The van der Waals surface area contributed by atoms with Gasteiger partial charge in [0.15, 0.2) is 6.10 Å². The van der Waals surface area contributed by atoms with Gasteiger partial charge in [-0.15, -0.1) is 0 Å². The molecule has 10 heteroatoms. The maximum Gasteiger partial charge on any atom is 0.472 e. The lowest BCUT2D eigenvalue weighted by Gasteiger charge is -2.24. The van der Waals surface area contributed by atoms with Crippen molar-refractivity contribution in [3.8, 4) is 0 Å². The zero-order valence-corrected chi connectivity index (χ0v) is 57.4. The van der Waals surface area contributed by atoms with Crippen molar-refractivity contribution in [2.45, 2.75) is 200 Å². The molecule has 90 heavy (non-hydrogen) atoms. The Bertz CT molecular complexity index is 2420. The minimum absolute atomic E-state index is 0.000412. The van der Waals surface area contributed by atoms with Gasteiger partial charge in [-0.25, -0.2) is 4.57 Å². The maximum absolute atomic E-state index is 12.9. The first-order chi connectivity index (χ1) is 44.0. The summed E-state index contributed by atoms with van der Waals surface area (Å²) in [5, 5.41) is 0. The summed E-state index contributed by atoms with van der Waals surface area (Å²) in [5.74, 6) is -0.931. The first-order valence-electron chi connectivity index (χ1n) is 33.8. The van der Waals surface area contributed by atoms with Crippen LogP contribution < -0.4 is 0 Å². The van der Waals surface area contributed by atoms with Crippen LogP contribution in [0.3, 0.4) is 0 Å². The molecule has 498 valence electrons. The van der Waals surface area contributed by atoms with E-state index in [1.54, 1.807) is 0 Å². The van der Waals surface area contributed by atoms with Crippen LogP contribution in [0.4, 0.5) is 0 Å². The fourth-order valence-corrected chi connectivity index (χ4v) is 8.53. The highest BCUT2D eigenvalue weighted by molar-refractivity contribution is 7.47. The fourth-order valence-electron chi connectivity index (χ4n) is 7.78. The molecule has 9 nitrogen and oxygen atoms in total. The highest BCUT2D eigenvalue weighted by Gasteiger charge is 2.27. The Balaban J connectivity index is 4.35. The molecule has 0 aromatic heterocycles. The molecule has 0 heterocycles. The normalized spacial score (nSPS) is 14.7. The van der Waals surface area contributed by atoms with Crippen LogP contribution in [0, 0.1) is 0 Å². The molecule has 1 N–H and O–H groups in total. The molecule has 0 aliphatic carbocycles. The number of phosphoric acid groups is 1. The summed E-state index contributed by atoms with van der Waals surface area (Å²) < 4.78 is 34.5. The van der Waals surface area contributed by atoms with Gasteiger partial charge in [-0.2, -0.15) is 0 Å². The lowest BCUT2D eigenvalue weighted by Crippen LogP contribution is -2.37. The number of quaternary nitrogens is 1. The number of esters is 2. The van der Waals surface area contributed by atoms with E-state index in [9.17, 15) is 19.0 Å². The summed E-state index contributed by atoms with van der Waals surface area (Å²) in [6.07, 6.45) is 111. The molecule has 0 aromatic carbocycles. The summed E-state index contributed by atoms with van der Waals surface area (Å²) in [4.78, 5) is 35.8. The van der Waals surface area contributed by atoms with Gasteiger partial charge >= 0.3 is 19.8 Å². The Labute approximate surface area is 549 Å². The number of allylic oxidation sites excluding steroid dienone is 40. The van der Waals surface area contributed by atoms with E-state index in [-0.39, 0.29) is 26.1 Å². The molecule has 0 aliphatic rings. The third-order valence-corrected chi connectivity index (χ3v) is 13.9. The molecule has 2 unspecified atom stereocenters. The van der Waals surface area contributed by atoms with E-state index in [1.807, 2.05) is 21.1 Å².